The summed E-state index contributed by atoms with van der Waals surface area (Å²) >= 11 is 0. The van der Waals surface area contributed by atoms with Crippen LogP contribution in [0.25, 0.3) is 0 Å². The fraction of sp³-hybridized carbons (Fsp3) is 0.444. The number of benzene rings is 1. The normalized spacial score (nSPS) is 15.5. The van der Waals surface area contributed by atoms with E-state index < -0.39 is 6.43 Å². The first-order valence-electron chi connectivity index (χ1n) is 8.45. The summed E-state index contributed by atoms with van der Waals surface area (Å²) in [5.74, 6) is 0.127. The van der Waals surface area contributed by atoms with Gasteiger partial charge in [-0.05, 0) is 37.3 Å². The number of halogens is 3. The highest BCUT2D eigenvalue weighted by atomic mass is 19.3. The van der Waals surface area contributed by atoms with Gasteiger partial charge in [0.25, 0.3) is 6.43 Å². The molecule has 0 radical (unpaired) electrons. The number of nitrogens with zero attached hydrogens (tertiary/aromatic N) is 3. The summed E-state index contributed by atoms with van der Waals surface area (Å²) in [5.41, 5.74) is 0.213. The minimum Gasteiger partial charge on any atom is -0.490 e. The number of hydrogen-bond acceptors (Lipinski definition) is 3. The second kappa shape index (κ2) is 7.80. The lowest BCUT2D eigenvalue weighted by atomic mass is 10.1. The highest BCUT2D eigenvalue weighted by Gasteiger charge is 2.25. The lowest BCUT2D eigenvalue weighted by molar-refractivity contribution is -0.133. The van der Waals surface area contributed by atoms with E-state index in [0.29, 0.717) is 37.4 Å². The molecule has 0 saturated carbocycles. The number of amides is 1. The first-order chi connectivity index (χ1) is 12.4. The third-order valence-corrected chi connectivity index (χ3v) is 4.42. The summed E-state index contributed by atoms with van der Waals surface area (Å²) < 4.78 is 45.4. The quantitative estimate of drug-likeness (QED) is 0.814. The Morgan fingerprint density at radius 1 is 1.27 bits per heavy atom. The second-order valence-electron chi connectivity index (χ2n) is 6.32. The lowest BCUT2D eigenvalue weighted by Crippen LogP contribution is -2.43. The molecule has 0 unspecified atom stereocenters. The highest BCUT2D eigenvalue weighted by Crippen LogP contribution is 2.21. The van der Waals surface area contributed by atoms with Gasteiger partial charge in [0.2, 0.25) is 5.91 Å². The average Bonchev–Trinajstić information content (AvgIpc) is 2.98. The zero-order valence-corrected chi connectivity index (χ0v) is 14.4. The summed E-state index contributed by atoms with van der Waals surface area (Å²) in [5, 5.41) is 3.79. The van der Waals surface area contributed by atoms with Crippen molar-refractivity contribution in [1.29, 1.82) is 0 Å². The Hall–Kier alpha value is -2.51. The number of carbonyl (C=O) groups excluding carboxylic acids is 1. The average molecular weight is 367 g/mol. The van der Waals surface area contributed by atoms with Gasteiger partial charge in [0.15, 0.2) is 0 Å². The number of ether oxygens (including phenoxy) is 1. The molecule has 0 aliphatic carbocycles. The van der Waals surface area contributed by atoms with Gasteiger partial charge >= 0.3 is 0 Å². The van der Waals surface area contributed by atoms with Gasteiger partial charge in [0, 0.05) is 31.6 Å². The fourth-order valence-corrected chi connectivity index (χ4v) is 2.96. The van der Waals surface area contributed by atoms with Crippen LogP contribution >= 0.6 is 0 Å². The van der Waals surface area contributed by atoms with Crippen LogP contribution in [0.15, 0.2) is 30.3 Å². The van der Waals surface area contributed by atoms with E-state index in [0.717, 1.165) is 0 Å². The standard InChI is InChI=1S/C18H20F3N3O2/c1-12-10-16(18(20)21)22-24(12)11-17(25)23-8-6-15(7-9-23)26-14-4-2-13(19)3-5-14/h2-5,10,15,18H,6-9,11H2,1H3. The first-order valence-corrected chi connectivity index (χ1v) is 8.45. The lowest BCUT2D eigenvalue weighted by Gasteiger charge is -2.32. The predicted molar refractivity (Wildman–Crippen MR) is 88.6 cm³/mol. The van der Waals surface area contributed by atoms with E-state index in [1.807, 2.05) is 0 Å². The molecule has 1 aromatic heterocycles. The van der Waals surface area contributed by atoms with Gasteiger partial charge in [0.05, 0.1) is 0 Å². The topological polar surface area (TPSA) is 47.4 Å². The number of aryl methyl sites for hydroxylation is 1. The van der Waals surface area contributed by atoms with E-state index in [1.165, 1.54) is 22.9 Å². The highest BCUT2D eigenvalue weighted by molar-refractivity contribution is 5.76. The van der Waals surface area contributed by atoms with Crippen molar-refractivity contribution in [2.24, 2.45) is 0 Å². The van der Waals surface area contributed by atoms with Crippen LogP contribution < -0.4 is 4.74 Å². The molecule has 1 aliphatic rings. The SMILES string of the molecule is Cc1cc(C(F)F)nn1CC(=O)N1CCC(Oc2ccc(F)cc2)CC1. The van der Waals surface area contributed by atoms with Crippen molar-refractivity contribution >= 4 is 5.91 Å². The number of alkyl halides is 2. The zero-order chi connectivity index (χ0) is 18.7. The molecule has 8 heteroatoms. The monoisotopic (exact) mass is 367 g/mol. The van der Waals surface area contributed by atoms with Crippen molar-refractivity contribution in [2.75, 3.05) is 13.1 Å². The summed E-state index contributed by atoms with van der Waals surface area (Å²) in [4.78, 5) is 14.1. The minimum absolute atomic E-state index is 0.0404. The molecular formula is C18H20F3N3O2. The summed E-state index contributed by atoms with van der Waals surface area (Å²) in [6, 6.07) is 7.13. The van der Waals surface area contributed by atoms with Gasteiger partial charge < -0.3 is 9.64 Å². The third-order valence-electron chi connectivity index (χ3n) is 4.42. The Kier molecular flexibility index (Phi) is 5.49. The Bertz CT molecular complexity index is 754. The molecule has 2 heterocycles. The molecule has 1 aromatic carbocycles. The number of piperidine rings is 1. The van der Waals surface area contributed by atoms with Gasteiger partial charge in [-0.3, -0.25) is 9.48 Å². The molecule has 26 heavy (non-hydrogen) atoms. The maximum Gasteiger partial charge on any atom is 0.282 e. The molecule has 0 bridgehead atoms. The van der Waals surface area contributed by atoms with Gasteiger partial charge in [0.1, 0.15) is 29.9 Å². The van der Waals surface area contributed by atoms with Gasteiger partial charge in [-0.15, -0.1) is 0 Å². The molecule has 2 aromatic rings. The summed E-state index contributed by atoms with van der Waals surface area (Å²) in [6.07, 6.45) is -1.38. The van der Waals surface area contributed by atoms with E-state index in [2.05, 4.69) is 5.10 Å². The molecular weight excluding hydrogens is 347 g/mol. The van der Waals surface area contributed by atoms with Crippen LogP contribution in [0, 0.1) is 12.7 Å². The Labute approximate surface area is 149 Å². The summed E-state index contributed by atoms with van der Waals surface area (Å²) in [7, 11) is 0. The van der Waals surface area contributed by atoms with E-state index in [1.54, 1.807) is 24.0 Å². The van der Waals surface area contributed by atoms with Crippen LogP contribution in [-0.4, -0.2) is 39.8 Å². The van der Waals surface area contributed by atoms with Crippen molar-refractivity contribution in [3.8, 4) is 5.75 Å². The van der Waals surface area contributed by atoms with Crippen LogP contribution in [-0.2, 0) is 11.3 Å². The van der Waals surface area contributed by atoms with E-state index in [-0.39, 0.29) is 30.1 Å². The first kappa shape index (κ1) is 18.3. The zero-order valence-electron chi connectivity index (χ0n) is 14.4. The van der Waals surface area contributed by atoms with Gasteiger partial charge in [-0.2, -0.15) is 5.10 Å². The van der Waals surface area contributed by atoms with E-state index in [4.69, 9.17) is 4.74 Å². The van der Waals surface area contributed by atoms with Gasteiger partial charge in [-0.25, -0.2) is 13.2 Å². The number of aromatic nitrogens is 2. The molecule has 0 atom stereocenters. The number of likely N-dealkylation sites (tertiary alicyclic amines) is 1. The number of carbonyl (C=O) groups is 1. The molecule has 140 valence electrons. The second-order valence-corrected chi connectivity index (χ2v) is 6.32. The van der Waals surface area contributed by atoms with Crippen molar-refractivity contribution in [2.45, 2.75) is 38.8 Å². The van der Waals surface area contributed by atoms with E-state index >= 15 is 0 Å². The molecule has 1 saturated heterocycles. The maximum absolute atomic E-state index is 12.9. The molecule has 3 rings (SSSR count). The smallest absolute Gasteiger partial charge is 0.282 e. The van der Waals surface area contributed by atoms with Gasteiger partial charge in [-0.1, -0.05) is 0 Å². The van der Waals surface area contributed by atoms with Crippen LogP contribution in [0.3, 0.4) is 0 Å². The predicted octanol–water partition coefficient (Wildman–Crippen LogP) is 3.34. The van der Waals surface area contributed by atoms with Crippen molar-refractivity contribution in [3.05, 3.63) is 47.5 Å². The molecule has 1 aliphatic heterocycles. The fourth-order valence-electron chi connectivity index (χ4n) is 2.96. The summed E-state index contributed by atoms with van der Waals surface area (Å²) in [6.45, 7) is 2.64. The number of rotatable bonds is 5. The minimum atomic E-state index is -2.65. The molecule has 0 N–H and O–H groups in total. The third kappa shape index (κ3) is 4.36. The Morgan fingerprint density at radius 2 is 1.92 bits per heavy atom. The van der Waals surface area contributed by atoms with Crippen molar-refractivity contribution < 1.29 is 22.7 Å². The van der Waals surface area contributed by atoms with E-state index in [9.17, 15) is 18.0 Å². The van der Waals surface area contributed by atoms with Crippen LogP contribution in [0.1, 0.15) is 30.7 Å². The molecule has 5 nitrogen and oxygen atoms in total. The Morgan fingerprint density at radius 3 is 2.50 bits per heavy atom. The number of hydrogen-bond donors (Lipinski definition) is 0. The van der Waals surface area contributed by atoms with Crippen molar-refractivity contribution in [3.63, 3.8) is 0 Å². The van der Waals surface area contributed by atoms with Crippen molar-refractivity contribution in [1.82, 2.24) is 14.7 Å². The Balaban J connectivity index is 1.51. The van der Waals surface area contributed by atoms with Crippen LogP contribution in [0.4, 0.5) is 13.2 Å². The van der Waals surface area contributed by atoms with Crippen LogP contribution in [0.5, 0.6) is 5.75 Å². The van der Waals surface area contributed by atoms with Crippen LogP contribution in [0.2, 0.25) is 0 Å². The molecule has 0 spiro atoms. The maximum atomic E-state index is 12.9. The molecule has 1 fully saturated rings. The molecule has 1 amide bonds. The largest absolute Gasteiger partial charge is 0.490 e.